The lowest BCUT2D eigenvalue weighted by Gasteiger charge is -2.19. The van der Waals surface area contributed by atoms with Crippen LogP contribution in [0, 0.1) is 23.2 Å². The van der Waals surface area contributed by atoms with Crippen molar-refractivity contribution >= 4 is 24.0 Å². The summed E-state index contributed by atoms with van der Waals surface area (Å²) in [4.78, 5) is 48.2. The smallest absolute Gasteiger partial charge is 0.233 e. The molecule has 1 fully saturated rings. The van der Waals surface area contributed by atoms with E-state index < -0.39 is 0 Å². The number of amides is 3. The molecule has 2 unspecified atom stereocenters. The minimum absolute atomic E-state index is 0.0266. The van der Waals surface area contributed by atoms with Gasteiger partial charge in [0, 0.05) is 43.9 Å². The summed E-state index contributed by atoms with van der Waals surface area (Å²) in [5.74, 6) is 0.161. The molecule has 1 saturated heterocycles. The number of carbonyl (C=O) groups is 4. The topological polar surface area (TPSA) is 92.8 Å². The van der Waals surface area contributed by atoms with E-state index >= 15 is 0 Å². The van der Waals surface area contributed by atoms with E-state index in [1.54, 1.807) is 0 Å². The second kappa shape index (κ2) is 14.3. The molecule has 1 N–H and O–H groups in total. The SMILES string of the molecule is CC(C)C.CC(CCNC(=O)CCN1C(=O)CC(C(C)C)C1=O)OCCC(C)(C)C=O. The van der Waals surface area contributed by atoms with Gasteiger partial charge in [0.2, 0.25) is 17.7 Å². The van der Waals surface area contributed by atoms with Crippen LogP contribution in [0.2, 0.25) is 0 Å². The first-order valence-electron chi connectivity index (χ1n) is 11.5. The molecule has 7 heteroatoms. The lowest BCUT2D eigenvalue weighted by Crippen LogP contribution is -2.36. The van der Waals surface area contributed by atoms with Gasteiger partial charge in [-0.15, -0.1) is 0 Å². The molecule has 1 aliphatic heterocycles. The van der Waals surface area contributed by atoms with Gasteiger partial charge in [0.25, 0.3) is 0 Å². The minimum Gasteiger partial charge on any atom is -0.378 e. The van der Waals surface area contributed by atoms with Crippen LogP contribution in [0.3, 0.4) is 0 Å². The third kappa shape index (κ3) is 12.6. The van der Waals surface area contributed by atoms with E-state index in [4.69, 9.17) is 4.74 Å². The summed E-state index contributed by atoms with van der Waals surface area (Å²) in [7, 11) is 0. The molecule has 0 aromatic rings. The molecule has 7 nitrogen and oxygen atoms in total. The van der Waals surface area contributed by atoms with Crippen LogP contribution in [-0.2, 0) is 23.9 Å². The lowest BCUT2D eigenvalue weighted by atomic mass is 9.92. The lowest BCUT2D eigenvalue weighted by molar-refractivity contribution is -0.140. The van der Waals surface area contributed by atoms with E-state index in [0.29, 0.717) is 26.0 Å². The number of hydrogen-bond acceptors (Lipinski definition) is 5. The second-order valence-corrected chi connectivity index (χ2v) is 10.1. The van der Waals surface area contributed by atoms with Gasteiger partial charge in [-0.1, -0.05) is 48.5 Å². The van der Waals surface area contributed by atoms with Gasteiger partial charge < -0.3 is 14.8 Å². The molecule has 2 atom stereocenters. The maximum absolute atomic E-state index is 12.2. The molecule has 0 radical (unpaired) electrons. The monoisotopic (exact) mass is 440 g/mol. The number of ether oxygens (including phenoxy) is 1. The van der Waals surface area contributed by atoms with Gasteiger partial charge in [0.15, 0.2) is 0 Å². The van der Waals surface area contributed by atoms with Crippen molar-refractivity contribution in [3.8, 4) is 0 Å². The minimum atomic E-state index is -0.382. The maximum atomic E-state index is 12.2. The molecule has 0 aromatic carbocycles. The molecule has 0 aliphatic carbocycles. The Morgan fingerprint density at radius 1 is 1.19 bits per heavy atom. The highest BCUT2D eigenvalue weighted by atomic mass is 16.5. The number of hydrogen-bond donors (Lipinski definition) is 1. The summed E-state index contributed by atoms with van der Waals surface area (Å²) in [6.07, 6.45) is 2.58. The van der Waals surface area contributed by atoms with Crippen molar-refractivity contribution in [2.24, 2.45) is 23.2 Å². The number of nitrogens with one attached hydrogen (secondary N) is 1. The largest absolute Gasteiger partial charge is 0.378 e. The van der Waals surface area contributed by atoms with Crippen LogP contribution < -0.4 is 5.32 Å². The van der Waals surface area contributed by atoms with Gasteiger partial charge in [-0.2, -0.15) is 0 Å². The van der Waals surface area contributed by atoms with Gasteiger partial charge in [-0.25, -0.2) is 0 Å². The Balaban J connectivity index is 0.00000206. The quantitative estimate of drug-likeness (QED) is 0.370. The summed E-state index contributed by atoms with van der Waals surface area (Å²) in [6, 6.07) is 0. The van der Waals surface area contributed by atoms with E-state index in [0.717, 1.165) is 12.2 Å². The van der Waals surface area contributed by atoms with Crippen LogP contribution >= 0.6 is 0 Å². The third-order valence-corrected chi connectivity index (χ3v) is 4.99. The van der Waals surface area contributed by atoms with Crippen LogP contribution in [-0.4, -0.2) is 54.7 Å². The average Bonchev–Trinajstić information content (AvgIpc) is 2.93. The zero-order valence-corrected chi connectivity index (χ0v) is 20.8. The van der Waals surface area contributed by atoms with Gasteiger partial charge in [0.1, 0.15) is 6.29 Å². The Morgan fingerprint density at radius 2 is 1.77 bits per heavy atom. The van der Waals surface area contributed by atoms with Crippen molar-refractivity contribution in [2.45, 2.75) is 87.2 Å². The molecule has 1 aliphatic rings. The highest BCUT2D eigenvalue weighted by molar-refractivity contribution is 6.03. The fourth-order valence-electron chi connectivity index (χ4n) is 2.85. The summed E-state index contributed by atoms with van der Waals surface area (Å²) in [6.45, 7) is 17.1. The van der Waals surface area contributed by atoms with Gasteiger partial charge in [0.05, 0.1) is 6.10 Å². The molecule has 0 spiro atoms. The number of nitrogens with zero attached hydrogens (tertiary/aromatic N) is 1. The number of imide groups is 1. The molecule has 180 valence electrons. The van der Waals surface area contributed by atoms with E-state index in [9.17, 15) is 19.2 Å². The molecule has 0 saturated carbocycles. The van der Waals surface area contributed by atoms with Crippen LogP contribution in [0.5, 0.6) is 0 Å². The zero-order valence-electron chi connectivity index (χ0n) is 20.8. The Morgan fingerprint density at radius 3 is 2.26 bits per heavy atom. The van der Waals surface area contributed by atoms with E-state index in [1.165, 1.54) is 4.90 Å². The predicted octanol–water partition coefficient (Wildman–Crippen LogP) is 3.60. The average molecular weight is 441 g/mol. The van der Waals surface area contributed by atoms with E-state index in [1.807, 2.05) is 34.6 Å². The predicted molar refractivity (Wildman–Crippen MR) is 122 cm³/mol. The first-order valence-corrected chi connectivity index (χ1v) is 11.5. The number of likely N-dealkylation sites (tertiary alicyclic amines) is 1. The Hall–Kier alpha value is -1.76. The summed E-state index contributed by atoms with van der Waals surface area (Å²) in [5, 5.41) is 2.79. The number of rotatable bonds is 12. The van der Waals surface area contributed by atoms with Crippen molar-refractivity contribution in [1.82, 2.24) is 10.2 Å². The Bertz CT molecular complexity index is 584. The fraction of sp³-hybridized carbons (Fsp3) is 0.833. The summed E-state index contributed by atoms with van der Waals surface area (Å²) in [5.41, 5.74) is -0.382. The summed E-state index contributed by atoms with van der Waals surface area (Å²) >= 11 is 0. The van der Waals surface area contributed by atoms with Crippen molar-refractivity contribution in [3.05, 3.63) is 0 Å². The van der Waals surface area contributed by atoms with Crippen molar-refractivity contribution < 1.29 is 23.9 Å². The van der Waals surface area contributed by atoms with E-state index in [2.05, 4.69) is 26.1 Å². The van der Waals surface area contributed by atoms with Gasteiger partial charge >= 0.3 is 0 Å². The first-order chi connectivity index (χ1) is 14.3. The van der Waals surface area contributed by atoms with Crippen LogP contribution in [0.15, 0.2) is 0 Å². The van der Waals surface area contributed by atoms with E-state index in [-0.39, 0.29) is 60.5 Å². The molecular formula is C24H44N2O5. The van der Waals surface area contributed by atoms with Crippen molar-refractivity contribution in [2.75, 3.05) is 19.7 Å². The molecule has 0 aromatic heterocycles. The highest BCUT2D eigenvalue weighted by Crippen LogP contribution is 2.26. The van der Waals surface area contributed by atoms with Gasteiger partial charge in [-0.3, -0.25) is 19.3 Å². The maximum Gasteiger partial charge on any atom is 0.233 e. The van der Waals surface area contributed by atoms with Gasteiger partial charge in [-0.05, 0) is 31.6 Å². The summed E-state index contributed by atoms with van der Waals surface area (Å²) < 4.78 is 5.66. The standard InChI is InChI=1S/C20H34N2O5.C4H10/c1-14(2)16-12-18(25)22(19(16)26)10-7-17(24)21-9-6-15(3)27-11-8-20(4,5)13-23;1-4(2)3/h13-16H,6-12H2,1-5H3,(H,21,24);4H,1-3H3. The zero-order chi connectivity index (χ0) is 24.2. The molecule has 0 bridgehead atoms. The molecule has 1 rings (SSSR count). The Labute approximate surface area is 188 Å². The van der Waals surface area contributed by atoms with Crippen LogP contribution in [0.4, 0.5) is 0 Å². The van der Waals surface area contributed by atoms with Crippen molar-refractivity contribution in [3.63, 3.8) is 0 Å². The fourth-order valence-corrected chi connectivity index (χ4v) is 2.85. The molecule has 3 amide bonds. The Kier molecular flexibility index (Phi) is 13.5. The molecular weight excluding hydrogens is 396 g/mol. The second-order valence-electron chi connectivity index (χ2n) is 10.1. The van der Waals surface area contributed by atoms with Crippen LogP contribution in [0.25, 0.3) is 0 Å². The first kappa shape index (κ1) is 29.2. The highest BCUT2D eigenvalue weighted by Gasteiger charge is 2.39. The molecule has 1 heterocycles. The number of aldehydes is 1. The third-order valence-electron chi connectivity index (χ3n) is 4.99. The number of carbonyl (C=O) groups excluding carboxylic acids is 4. The van der Waals surface area contributed by atoms with Crippen LogP contribution in [0.1, 0.15) is 81.1 Å². The normalized spacial score (nSPS) is 17.6. The molecule has 31 heavy (non-hydrogen) atoms. The van der Waals surface area contributed by atoms with Crippen molar-refractivity contribution in [1.29, 1.82) is 0 Å².